The Morgan fingerprint density at radius 2 is 1.74 bits per heavy atom. The number of hydrogen-bond donors (Lipinski definition) is 4. The second-order valence-electron chi connectivity index (χ2n) is 11.2. The van der Waals surface area contributed by atoms with Gasteiger partial charge in [0.2, 0.25) is 6.41 Å². The number of anilines is 1. The smallest absolute Gasteiger partial charge is 0.307 e. The maximum absolute atomic E-state index is 11.1. The standard InChI is InChI=1S/C27H40N2O5Si/c1-26(2,3)35(6,7)34-24(21-11-12-23(31)22(15-21)28-18-30)17-29-27(4,5)16-20-10-8-9-19(13-20)14-25(32)33/h8-13,15,18,24,29,31H,14,16-17H2,1-7H3,(H,28,30)(H,32,33)/t24-/m0/s1. The lowest BCUT2D eigenvalue weighted by Crippen LogP contribution is -2.47. The molecule has 2 rings (SSSR count). The summed E-state index contributed by atoms with van der Waals surface area (Å²) in [6.07, 6.45) is 0.965. The summed E-state index contributed by atoms with van der Waals surface area (Å²) in [7, 11) is -2.14. The predicted molar refractivity (Wildman–Crippen MR) is 142 cm³/mol. The maximum Gasteiger partial charge on any atom is 0.307 e. The monoisotopic (exact) mass is 500 g/mol. The van der Waals surface area contributed by atoms with Gasteiger partial charge in [-0.2, -0.15) is 0 Å². The molecule has 0 heterocycles. The van der Waals surface area contributed by atoms with Crippen LogP contribution < -0.4 is 10.6 Å². The third-order valence-corrected chi connectivity index (χ3v) is 11.1. The Bertz CT molecular complexity index is 1030. The number of carboxylic acids is 1. The van der Waals surface area contributed by atoms with E-state index >= 15 is 0 Å². The minimum absolute atomic E-state index is 0.00135. The van der Waals surface area contributed by atoms with Crippen molar-refractivity contribution < 1.29 is 24.2 Å². The summed E-state index contributed by atoms with van der Waals surface area (Å²) in [5.74, 6) is -0.844. The van der Waals surface area contributed by atoms with Crippen LogP contribution in [0.4, 0.5) is 5.69 Å². The van der Waals surface area contributed by atoms with E-state index in [-0.39, 0.29) is 28.9 Å². The molecule has 35 heavy (non-hydrogen) atoms. The van der Waals surface area contributed by atoms with Crippen molar-refractivity contribution in [2.75, 3.05) is 11.9 Å². The van der Waals surface area contributed by atoms with Crippen molar-refractivity contribution in [2.45, 2.75) is 77.2 Å². The largest absolute Gasteiger partial charge is 0.506 e. The number of aromatic hydroxyl groups is 1. The Kier molecular flexibility index (Phi) is 9.27. The fourth-order valence-corrected chi connectivity index (χ4v) is 4.94. The van der Waals surface area contributed by atoms with Crippen molar-refractivity contribution in [2.24, 2.45) is 0 Å². The minimum Gasteiger partial charge on any atom is -0.506 e. The first-order valence-electron chi connectivity index (χ1n) is 11.9. The molecule has 0 aliphatic carbocycles. The average Bonchev–Trinajstić information content (AvgIpc) is 2.71. The van der Waals surface area contributed by atoms with Gasteiger partial charge < -0.3 is 25.3 Å². The first kappa shape index (κ1) is 28.6. The molecule has 0 spiro atoms. The zero-order valence-electron chi connectivity index (χ0n) is 21.9. The van der Waals surface area contributed by atoms with Gasteiger partial charge in [-0.1, -0.05) is 51.1 Å². The molecule has 0 fully saturated rings. The van der Waals surface area contributed by atoms with Crippen molar-refractivity contribution in [1.29, 1.82) is 0 Å². The molecular weight excluding hydrogens is 460 g/mol. The van der Waals surface area contributed by atoms with Crippen LogP contribution in [0.3, 0.4) is 0 Å². The molecule has 2 aromatic carbocycles. The van der Waals surface area contributed by atoms with Gasteiger partial charge in [0.25, 0.3) is 0 Å². The number of rotatable bonds is 12. The van der Waals surface area contributed by atoms with Gasteiger partial charge in [0, 0.05) is 12.1 Å². The van der Waals surface area contributed by atoms with E-state index in [1.807, 2.05) is 30.3 Å². The molecule has 0 aliphatic rings. The number of carbonyl (C=O) groups excluding carboxylic acids is 1. The molecule has 192 valence electrons. The fourth-order valence-electron chi connectivity index (χ4n) is 3.66. The van der Waals surface area contributed by atoms with Gasteiger partial charge in [-0.3, -0.25) is 9.59 Å². The van der Waals surface area contributed by atoms with Crippen molar-refractivity contribution in [3.05, 3.63) is 59.2 Å². The molecule has 4 N–H and O–H groups in total. The lowest BCUT2D eigenvalue weighted by atomic mass is 9.93. The van der Waals surface area contributed by atoms with Gasteiger partial charge in [-0.25, -0.2) is 0 Å². The quantitative estimate of drug-likeness (QED) is 0.180. The van der Waals surface area contributed by atoms with E-state index in [1.54, 1.807) is 12.1 Å². The van der Waals surface area contributed by atoms with E-state index in [0.717, 1.165) is 16.7 Å². The summed E-state index contributed by atoms with van der Waals surface area (Å²) in [6.45, 7) is 15.7. The van der Waals surface area contributed by atoms with Crippen LogP contribution in [0.15, 0.2) is 42.5 Å². The number of nitrogens with one attached hydrogen (secondary N) is 2. The second kappa shape index (κ2) is 11.4. The van der Waals surface area contributed by atoms with Crippen molar-refractivity contribution >= 4 is 26.4 Å². The summed E-state index contributed by atoms with van der Waals surface area (Å²) < 4.78 is 6.78. The third kappa shape index (κ3) is 8.49. The van der Waals surface area contributed by atoms with Crippen LogP contribution in [0.5, 0.6) is 5.75 Å². The van der Waals surface area contributed by atoms with E-state index in [1.165, 1.54) is 0 Å². The number of amides is 1. The highest BCUT2D eigenvalue weighted by Crippen LogP contribution is 2.40. The van der Waals surface area contributed by atoms with Gasteiger partial charge in [0.05, 0.1) is 18.2 Å². The molecule has 0 aliphatic heterocycles. The highest BCUT2D eigenvalue weighted by molar-refractivity contribution is 6.74. The van der Waals surface area contributed by atoms with Crippen LogP contribution in [-0.2, 0) is 26.9 Å². The van der Waals surface area contributed by atoms with Gasteiger partial charge in [-0.15, -0.1) is 0 Å². The SMILES string of the molecule is CC(C)(Cc1cccc(CC(=O)O)c1)NC[C@H](O[Si](C)(C)C(C)(C)C)c1ccc(O)c(NC=O)c1. The number of carboxylic acid groups (broad SMARTS) is 1. The Labute approximate surface area is 210 Å². The van der Waals surface area contributed by atoms with Crippen LogP contribution in [0.1, 0.15) is 57.4 Å². The Morgan fingerprint density at radius 3 is 2.34 bits per heavy atom. The minimum atomic E-state index is -2.14. The number of phenolic OH excluding ortho intramolecular Hbond substituents is 1. The number of benzene rings is 2. The lowest BCUT2D eigenvalue weighted by molar-refractivity contribution is -0.136. The molecule has 0 radical (unpaired) electrons. The fraction of sp³-hybridized carbons (Fsp3) is 0.481. The summed E-state index contributed by atoms with van der Waals surface area (Å²) in [5, 5.41) is 25.4. The molecule has 1 amide bonds. The molecule has 1 atom stereocenters. The number of hydrogen-bond acceptors (Lipinski definition) is 5. The molecule has 0 bridgehead atoms. The van der Waals surface area contributed by atoms with E-state index in [9.17, 15) is 14.7 Å². The Morgan fingerprint density at radius 1 is 1.09 bits per heavy atom. The van der Waals surface area contributed by atoms with Crippen LogP contribution in [0, 0.1) is 0 Å². The Balaban J connectivity index is 2.27. The predicted octanol–water partition coefficient (Wildman–Crippen LogP) is 5.26. The van der Waals surface area contributed by atoms with Gasteiger partial charge >= 0.3 is 5.97 Å². The summed E-state index contributed by atoms with van der Waals surface area (Å²) in [5.41, 5.74) is 2.76. The normalized spacial score (nSPS) is 13.3. The van der Waals surface area contributed by atoms with Crippen molar-refractivity contribution in [1.82, 2.24) is 5.32 Å². The van der Waals surface area contributed by atoms with Crippen LogP contribution >= 0.6 is 0 Å². The summed E-state index contributed by atoms with van der Waals surface area (Å²) in [4.78, 5) is 22.1. The number of aliphatic carboxylic acids is 1. The van der Waals surface area contributed by atoms with E-state index < -0.39 is 14.3 Å². The van der Waals surface area contributed by atoms with E-state index in [2.05, 4.69) is 58.3 Å². The first-order valence-corrected chi connectivity index (χ1v) is 14.8. The topological polar surface area (TPSA) is 108 Å². The molecular formula is C27H40N2O5Si. The average molecular weight is 501 g/mol. The molecule has 0 unspecified atom stereocenters. The van der Waals surface area contributed by atoms with Gasteiger partial charge in [0.15, 0.2) is 8.32 Å². The molecule has 7 nitrogen and oxygen atoms in total. The van der Waals surface area contributed by atoms with Crippen LogP contribution in [0.2, 0.25) is 18.1 Å². The van der Waals surface area contributed by atoms with Gasteiger partial charge in [-0.05, 0) is 67.2 Å². The van der Waals surface area contributed by atoms with Crippen molar-refractivity contribution in [3.8, 4) is 5.75 Å². The Hall–Kier alpha value is -2.68. The summed E-state index contributed by atoms with van der Waals surface area (Å²) in [6, 6.07) is 12.8. The van der Waals surface area contributed by atoms with Crippen LogP contribution in [0.25, 0.3) is 0 Å². The summed E-state index contributed by atoms with van der Waals surface area (Å²) >= 11 is 0. The zero-order chi connectivity index (χ0) is 26.4. The highest BCUT2D eigenvalue weighted by atomic mass is 28.4. The van der Waals surface area contributed by atoms with Crippen LogP contribution in [-0.4, -0.2) is 43.0 Å². The van der Waals surface area contributed by atoms with Gasteiger partial charge in [0.1, 0.15) is 5.75 Å². The molecule has 0 saturated carbocycles. The second-order valence-corrected chi connectivity index (χ2v) is 16.0. The molecule has 2 aromatic rings. The van der Waals surface area contributed by atoms with Crippen molar-refractivity contribution in [3.63, 3.8) is 0 Å². The number of phenols is 1. The molecule has 0 aromatic heterocycles. The van der Waals surface area contributed by atoms with E-state index in [0.29, 0.717) is 25.1 Å². The zero-order valence-corrected chi connectivity index (χ0v) is 22.9. The molecule has 8 heteroatoms. The number of carbonyl (C=O) groups is 2. The van der Waals surface area contributed by atoms with E-state index in [4.69, 9.17) is 9.53 Å². The lowest BCUT2D eigenvalue weighted by Gasteiger charge is -2.40. The first-order chi connectivity index (χ1) is 16.1. The highest BCUT2D eigenvalue weighted by Gasteiger charge is 2.39. The molecule has 0 saturated heterocycles. The maximum atomic E-state index is 11.1. The third-order valence-electron chi connectivity index (χ3n) is 6.61.